The predicted molar refractivity (Wildman–Crippen MR) is 72.8 cm³/mol. The lowest BCUT2D eigenvalue weighted by Gasteiger charge is -2.21. The number of halogens is 1. The second-order valence-electron chi connectivity index (χ2n) is 4.74. The number of Topliss-reactive ketones (excluding diaryl/α,β-unsaturated/α-hetero) is 1. The topological polar surface area (TPSA) is 29.1 Å². The molecule has 1 aromatic carbocycles. The van der Waals surface area contributed by atoms with Crippen LogP contribution in [0.25, 0.3) is 0 Å². The second-order valence-corrected chi connectivity index (χ2v) is 5.66. The highest BCUT2D eigenvalue weighted by Gasteiger charge is 2.17. The highest BCUT2D eigenvalue weighted by molar-refractivity contribution is 9.10. The molecule has 0 bridgehead atoms. The molecule has 2 nitrogen and oxygen atoms in total. The van der Waals surface area contributed by atoms with E-state index in [0.717, 1.165) is 43.2 Å². The monoisotopic (exact) mass is 295 g/mol. The Morgan fingerprint density at radius 3 is 2.47 bits per heavy atom. The molecule has 0 amide bonds. The fourth-order valence-corrected chi connectivity index (χ4v) is 2.49. The molecule has 0 aromatic heterocycles. The molecule has 1 aliphatic rings. The van der Waals surface area contributed by atoms with E-state index in [1.807, 2.05) is 0 Å². The lowest BCUT2D eigenvalue weighted by molar-refractivity contribution is -0.120. The quantitative estimate of drug-likeness (QED) is 0.923. The number of hydrogen-bond acceptors (Lipinski definition) is 2. The van der Waals surface area contributed by atoms with Gasteiger partial charge in [0.25, 0.3) is 0 Å². The van der Waals surface area contributed by atoms with Gasteiger partial charge in [0.05, 0.1) is 0 Å². The van der Waals surface area contributed by atoms with Crippen molar-refractivity contribution in [2.45, 2.75) is 32.2 Å². The summed E-state index contributed by atoms with van der Waals surface area (Å²) >= 11 is 3.43. The van der Waals surface area contributed by atoms with Gasteiger partial charge < -0.3 is 5.32 Å². The van der Waals surface area contributed by atoms with Crippen molar-refractivity contribution >= 4 is 21.7 Å². The Labute approximate surface area is 111 Å². The van der Waals surface area contributed by atoms with Crippen molar-refractivity contribution in [3.8, 4) is 0 Å². The van der Waals surface area contributed by atoms with Gasteiger partial charge in [0.2, 0.25) is 0 Å². The van der Waals surface area contributed by atoms with Crippen LogP contribution in [-0.4, -0.2) is 12.3 Å². The molecule has 1 aliphatic carbocycles. The molecule has 0 atom stereocenters. The van der Waals surface area contributed by atoms with Crippen LogP contribution in [0, 0.1) is 5.92 Å². The first-order valence-electron chi connectivity index (χ1n) is 6.21. The number of carbonyl (C=O) groups excluding carboxylic acids is 1. The van der Waals surface area contributed by atoms with Crippen molar-refractivity contribution in [1.82, 2.24) is 5.32 Å². The van der Waals surface area contributed by atoms with E-state index < -0.39 is 0 Å². The molecule has 3 heteroatoms. The molecule has 92 valence electrons. The van der Waals surface area contributed by atoms with Crippen molar-refractivity contribution in [3.05, 3.63) is 34.3 Å². The Hall–Kier alpha value is -0.670. The van der Waals surface area contributed by atoms with E-state index in [9.17, 15) is 4.79 Å². The molecule has 2 rings (SSSR count). The van der Waals surface area contributed by atoms with Gasteiger partial charge in [-0.3, -0.25) is 4.79 Å². The summed E-state index contributed by atoms with van der Waals surface area (Å²) in [7, 11) is 0. The summed E-state index contributed by atoms with van der Waals surface area (Å²) < 4.78 is 1.12. The van der Waals surface area contributed by atoms with E-state index in [-0.39, 0.29) is 0 Å². The fourth-order valence-electron chi connectivity index (χ4n) is 2.23. The summed E-state index contributed by atoms with van der Waals surface area (Å²) in [4.78, 5) is 11.1. The standard InChI is InChI=1S/C14H18BrNO/c15-13-5-1-11(2-6-13)9-16-10-12-3-7-14(17)8-4-12/h1-2,5-6,12,16H,3-4,7-10H2. The van der Waals surface area contributed by atoms with Gasteiger partial charge in [0, 0.05) is 23.9 Å². The SMILES string of the molecule is O=C1CCC(CNCc2ccc(Br)cc2)CC1. The van der Waals surface area contributed by atoms with E-state index in [1.165, 1.54) is 5.56 Å². The summed E-state index contributed by atoms with van der Waals surface area (Å²) in [5, 5.41) is 3.48. The van der Waals surface area contributed by atoms with Gasteiger partial charge in [-0.2, -0.15) is 0 Å². The lowest BCUT2D eigenvalue weighted by Crippen LogP contribution is -2.26. The fraction of sp³-hybridized carbons (Fsp3) is 0.500. The zero-order valence-corrected chi connectivity index (χ0v) is 11.5. The summed E-state index contributed by atoms with van der Waals surface area (Å²) in [5.74, 6) is 1.12. The Kier molecular flexibility index (Phi) is 4.75. The maximum absolute atomic E-state index is 11.1. The third-order valence-corrected chi connectivity index (χ3v) is 3.87. The van der Waals surface area contributed by atoms with E-state index in [2.05, 4.69) is 45.5 Å². The van der Waals surface area contributed by atoms with Gasteiger partial charge in [-0.25, -0.2) is 0 Å². The van der Waals surface area contributed by atoms with E-state index in [0.29, 0.717) is 11.7 Å². The van der Waals surface area contributed by atoms with Gasteiger partial charge in [-0.05, 0) is 43.0 Å². The summed E-state index contributed by atoms with van der Waals surface area (Å²) in [6.45, 7) is 1.95. The number of ketones is 1. The molecular weight excluding hydrogens is 278 g/mol. The van der Waals surface area contributed by atoms with E-state index >= 15 is 0 Å². The molecule has 0 heterocycles. The molecule has 0 saturated heterocycles. The number of nitrogens with one attached hydrogen (secondary N) is 1. The van der Waals surface area contributed by atoms with Crippen LogP contribution in [0.1, 0.15) is 31.2 Å². The van der Waals surface area contributed by atoms with Crippen LogP contribution in [-0.2, 0) is 11.3 Å². The number of carbonyl (C=O) groups is 1. The van der Waals surface area contributed by atoms with Crippen molar-refractivity contribution in [1.29, 1.82) is 0 Å². The molecule has 0 unspecified atom stereocenters. The van der Waals surface area contributed by atoms with Gasteiger partial charge in [0.1, 0.15) is 5.78 Å². The number of rotatable bonds is 4. The Bertz CT molecular complexity index is 364. The number of hydrogen-bond donors (Lipinski definition) is 1. The zero-order chi connectivity index (χ0) is 12.1. The van der Waals surface area contributed by atoms with Crippen LogP contribution in [0.2, 0.25) is 0 Å². The van der Waals surface area contributed by atoms with E-state index in [1.54, 1.807) is 0 Å². The van der Waals surface area contributed by atoms with Gasteiger partial charge in [0.15, 0.2) is 0 Å². The average molecular weight is 296 g/mol. The molecule has 1 saturated carbocycles. The smallest absolute Gasteiger partial charge is 0.132 e. The normalized spacial score (nSPS) is 17.4. The van der Waals surface area contributed by atoms with Crippen LogP contribution < -0.4 is 5.32 Å². The first-order chi connectivity index (χ1) is 8.24. The maximum atomic E-state index is 11.1. The van der Waals surface area contributed by atoms with Gasteiger partial charge >= 0.3 is 0 Å². The second kappa shape index (κ2) is 6.31. The minimum Gasteiger partial charge on any atom is -0.312 e. The molecule has 17 heavy (non-hydrogen) atoms. The Morgan fingerprint density at radius 2 is 1.82 bits per heavy atom. The first kappa shape index (κ1) is 12.8. The van der Waals surface area contributed by atoms with Crippen LogP contribution in [0.5, 0.6) is 0 Å². The minimum atomic E-state index is 0.439. The minimum absolute atomic E-state index is 0.439. The van der Waals surface area contributed by atoms with Crippen LogP contribution >= 0.6 is 15.9 Å². The highest BCUT2D eigenvalue weighted by Crippen LogP contribution is 2.20. The van der Waals surface area contributed by atoms with Crippen molar-refractivity contribution in [3.63, 3.8) is 0 Å². The van der Waals surface area contributed by atoms with Crippen LogP contribution in [0.15, 0.2) is 28.7 Å². The molecular formula is C14H18BrNO. The highest BCUT2D eigenvalue weighted by atomic mass is 79.9. The summed E-state index contributed by atoms with van der Waals surface area (Å²) in [6.07, 6.45) is 3.69. The molecule has 1 N–H and O–H groups in total. The third-order valence-electron chi connectivity index (χ3n) is 3.34. The number of benzene rings is 1. The van der Waals surface area contributed by atoms with Gasteiger partial charge in [-0.15, -0.1) is 0 Å². The van der Waals surface area contributed by atoms with Crippen molar-refractivity contribution in [2.24, 2.45) is 5.92 Å². The Morgan fingerprint density at radius 1 is 1.18 bits per heavy atom. The largest absolute Gasteiger partial charge is 0.312 e. The summed E-state index contributed by atoms with van der Waals surface area (Å²) in [5.41, 5.74) is 1.31. The van der Waals surface area contributed by atoms with Crippen LogP contribution in [0.4, 0.5) is 0 Å². The maximum Gasteiger partial charge on any atom is 0.132 e. The van der Waals surface area contributed by atoms with Crippen molar-refractivity contribution in [2.75, 3.05) is 6.54 Å². The third kappa shape index (κ3) is 4.25. The average Bonchev–Trinajstić information content (AvgIpc) is 2.34. The molecule has 0 aliphatic heterocycles. The molecule has 1 fully saturated rings. The zero-order valence-electron chi connectivity index (χ0n) is 9.92. The lowest BCUT2D eigenvalue weighted by atomic mass is 9.88. The predicted octanol–water partition coefficient (Wildman–Crippen LogP) is 3.30. The molecule has 0 spiro atoms. The van der Waals surface area contributed by atoms with Gasteiger partial charge in [-0.1, -0.05) is 28.1 Å². The summed E-state index contributed by atoms with van der Waals surface area (Å²) in [6, 6.07) is 8.38. The van der Waals surface area contributed by atoms with E-state index in [4.69, 9.17) is 0 Å². The Balaban J connectivity index is 1.69. The van der Waals surface area contributed by atoms with Crippen LogP contribution in [0.3, 0.4) is 0 Å². The molecule has 0 radical (unpaired) electrons. The first-order valence-corrected chi connectivity index (χ1v) is 7.00. The molecule has 1 aromatic rings. The van der Waals surface area contributed by atoms with Crippen molar-refractivity contribution < 1.29 is 4.79 Å².